The van der Waals surface area contributed by atoms with Crippen LogP contribution in [-0.2, 0) is 0 Å². The van der Waals surface area contributed by atoms with Crippen molar-refractivity contribution in [2.45, 2.75) is 0 Å². The molecule has 1 N–H and O–H groups in total. The summed E-state index contributed by atoms with van der Waals surface area (Å²) in [5.74, 6) is 0.577. The summed E-state index contributed by atoms with van der Waals surface area (Å²) in [6, 6.07) is 17.1. The van der Waals surface area contributed by atoms with Crippen molar-refractivity contribution in [2.24, 2.45) is 0 Å². The van der Waals surface area contributed by atoms with Gasteiger partial charge in [0.2, 0.25) is 0 Å². The summed E-state index contributed by atoms with van der Waals surface area (Å²) in [4.78, 5) is 12.0. The van der Waals surface area contributed by atoms with Crippen molar-refractivity contribution < 1.29 is 4.42 Å². The Morgan fingerprint density at radius 1 is 1.00 bits per heavy atom. The highest BCUT2D eigenvalue weighted by Gasteiger charge is 2.09. The quantitative estimate of drug-likeness (QED) is 0.758. The zero-order valence-electron chi connectivity index (χ0n) is 10.5. The van der Waals surface area contributed by atoms with E-state index in [0.29, 0.717) is 11.1 Å². The fraction of sp³-hybridized carbons (Fsp3) is 0.0625. The van der Waals surface area contributed by atoms with Crippen LogP contribution >= 0.6 is 0 Å². The fourth-order valence-corrected chi connectivity index (χ4v) is 2.18. The molecule has 0 bridgehead atoms. The Morgan fingerprint density at radius 2 is 1.74 bits per heavy atom. The van der Waals surface area contributed by atoms with Gasteiger partial charge in [0.05, 0.1) is 5.39 Å². The molecule has 0 amide bonds. The molecule has 0 spiro atoms. The van der Waals surface area contributed by atoms with E-state index >= 15 is 0 Å². The van der Waals surface area contributed by atoms with Crippen molar-refractivity contribution >= 4 is 16.5 Å². The second kappa shape index (κ2) is 4.61. The number of fused-ring (bicyclic) bond motifs is 1. The van der Waals surface area contributed by atoms with Gasteiger partial charge in [-0.1, -0.05) is 30.3 Å². The van der Waals surface area contributed by atoms with Crippen molar-refractivity contribution in [1.82, 2.24) is 0 Å². The topological polar surface area (TPSA) is 42.2 Å². The maximum absolute atomic E-state index is 12.0. The van der Waals surface area contributed by atoms with Gasteiger partial charge in [0.25, 0.3) is 0 Å². The predicted octanol–water partition coefficient (Wildman–Crippen LogP) is 3.50. The Hall–Kier alpha value is -2.55. The van der Waals surface area contributed by atoms with E-state index in [1.165, 1.54) is 0 Å². The number of hydrogen-bond donors (Lipinski definition) is 1. The normalized spacial score (nSPS) is 10.6. The van der Waals surface area contributed by atoms with Crippen molar-refractivity contribution in [3.8, 4) is 11.3 Å². The van der Waals surface area contributed by atoms with Crippen LogP contribution in [-0.4, -0.2) is 7.05 Å². The maximum atomic E-state index is 12.0. The minimum atomic E-state index is -0.306. The highest BCUT2D eigenvalue weighted by Crippen LogP contribution is 2.28. The Kier molecular flexibility index (Phi) is 2.80. The lowest BCUT2D eigenvalue weighted by molar-refractivity contribution is 0.535. The molecule has 3 rings (SSSR count). The van der Waals surface area contributed by atoms with E-state index in [1.54, 1.807) is 6.07 Å². The van der Waals surface area contributed by atoms with E-state index in [4.69, 9.17) is 4.42 Å². The van der Waals surface area contributed by atoms with Crippen LogP contribution < -0.4 is 10.9 Å². The number of rotatable bonds is 2. The molecule has 1 aromatic heterocycles. The van der Waals surface area contributed by atoms with E-state index in [-0.39, 0.29) is 5.63 Å². The standard InChI is InChI=1S/C16H13NO2/c1-17-14-9-5-4-8-13(14)15-10-11-6-2-3-7-12(11)16(18)19-15/h2-10,17H,1H3. The van der Waals surface area contributed by atoms with Crippen LogP contribution in [0.25, 0.3) is 22.1 Å². The Morgan fingerprint density at radius 3 is 2.58 bits per heavy atom. The third-order valence-electron chi connectivity index (χ3n) is 3.13. The fourth-order valence-electron chi connectivity index (χ4n) is 2.18. The molecule has 0 atom stereocenters. The second-order valence-electron chi connectivity index (χ2n) is 4.28. The summed E-state index contributed by atoms with van der Waals surface area (Å²) in [5.41, 5.74) is 1.51. The summed E-state index contributed by atoms with van der Waals surface area (Å²) in [7, 11) is 1.85. The number of para-hydroxylation sites is 1. The van der Waals surface area contributed by atoms with Crippen LogP contribution in [0.2, 0.25) is 0 Å². The first kappa shape index (κ1) is 11.5. The smallest absolute Gasteiger partial charge is 0.344 e. The van der Waals surface area contributed by atoms with E-state index in [2.05, 4.69) is 5.32 Å². The molecule has 0 radical (unpaired) electrons. The average Bonchev–Trinajstić information content (AvgIpc) is 2.47. The van der Waals surface area contributed by atoms with Crippen molar-refractivity contribution in [2.75, 3.05) is 12.4 Å². The second-order valence-corrected chi connectivity index (χ2v) is 4.28. The van der Waals surface area contributed by atoms with Crippen LogP contribution in [0.4, 0.5) is 5.69 Å². The molecule has 3 nitrogen and oxygen atoms in total. The number of hydrogen-bond acceptors (Lipinski definition) is 3. The first-order chi connectivity index (χ1) is 9.29. The SMILES string of the molecule is CNc1ccccc1-c1cc2ccccc2c(=O)o1. The van der Waals surface area contributed by atoms with Gasteiger partial charge in [-0.05, 0) is 29.7 Å². The molecule has 0 aliphatic rings. The monoisotopic (exact) mass is 251 g/mol. The van der Waals surface area contributed by atoms with Gasteiger partial charge in [0.15, 0.2) is 0 Å². The number of benzene rings is 2. The van der Waals surface area contributed by atoms with Crippen molar-refractivity contribution in [3.05, 3.63) is 65.0 Å². The van der Waals surface area contributed by atoms with E-state index in [9.17, 15) is 4.79 Å². The molecule has 94 valence electrons. The molecule has 3 aromatic rings. The minimum Gasteiger partial charge on any atom is -0.422 e. The zero-order valence-corrected chi connectivity index (χ0v) is 10.5. The number of anilines is 1. The molecule has 0 unspecified atom stereocenters. The molecule has 0 saturated heterocycles. The van der Waals surface area contributed by atoms with E-state index < -0.39 is 0 Å². The molecule has 19 heavy (non-hydrogen) atoms. The van der Waals surface area contributed by atoms with Gasteiger partial charge in [0.1, 0.15) is 5.76 Å². The van der Waals surface area contributed by atoms with E-state index in [0.717, 1.165) is 16.6 Å². The molecule has 0 fully saturated rings. The summed E-state index contributed by atoms with van der Waals surface area (Å²) < 4.78 is 5.42. The highest BCUT2D eigenvalue weighted by atomic mass is 16.4. The summed E-state index contributed by atoms with van der Waals surface area (Å²) in [6.07, 6.45) is 0. The lowest BCUT2D eigenvalue weighted by Crippen LogP contribution is -2.01. The molecule has 0 saturated carbocycles. The Bertz CT molecular complexity index is 790. The molecule has 0 aliphatic heterocycles. The largest absolute Gasteiger partial charge is 0.422 e. The molecule has 0 aliphatic carbocycles. The van der Waals surface area contributed by atoms with Gasteiger partial charge < -0.3 is 9.73 Å². The van der Waals surface area contributed by atoms with Crippen LogP contribution in [0.3, 0.4) is 0 Å². The lowest BCUT2D eigenvalue weighted by Gasteiger charge is -2.08. The van der Waals surface area contributed by atoms with Crippen LogP contribution in [0.5, 0.6) is 0 Å². The maximum Gasteiger partial charge on any atom is 0.344 e. The minimum absolute atomic E-state index is 0.306. The van der Waals surface area contributed by atoms with Gasteiger partial charge in [-0.15, -0.1) is 0 Å². The molecular weight excluding hydrogens is 238 g/mol. The molecule has 2 aromatic carbocycles. The first-order valence-corrected chi connectivity index (χ1v) is 6.09. The van der Waals surface area contributed by atoms with Gasteiger partial charge in [0, 0.05) is 18.3 Å². The average molecular weight is 251 g/mol. The predicted molar refractivity (Wildman–Crippen MR) is 77.5 cm³/mol. The van der Waals surface area contributed by atoms with Gasteiger partial charge in [-0.2, -0.15) is 0 Å². The first-order valence-electron chi connectivity index (χ1n) is 6.09. The number of nitrogens with one attached hydrogen (secondary N) is 1. The van der Waals surface area contributed by atoms with E-state index in [1.807, 2.05) is 55.6 Å². The molecule has 1 heterocycles. The Labute approximate surface area is 110 Å². The third kappa shape index (κ3) is 1.99. The zero-order chi connectivity index (χ0) is 13.2. The van der Waals surface area contributed by atoms with Crippen molar-refractivity contribution in [1.29, 1.82) is 0 Å². The van der Waals surface area contributed by atoms with Crippen LogP contribution in [0, 0.1) is 0 Å². The molecule has 3 heteroatoms. The van der Waals surface area contributed by atoms with Gasteiger partial charge >= 0.3 is 5.63 Å². The van der Waals surface area contributed by atoms with Gasteiger partial charge in [-0.25, -0.2) is 4.79 Å². The highest BCUT2D eigenvalue weighted by molar-refractivity contribution is 5.86. The van der Waals surface area contributed by atoms with Crippen molar-refractivity contribution in [3.63, 3.8) is 0 Å². The summed E-state index contributed by atoms with van der Waals surface area (Å²) in [6.45, 7) is 0. The molecular formula is C16H13NO2. The lowest BCUT2D eigenvalue weighted by atomic mass is 10.1. The third-order valence-corrected chi connectivity index (χ3v) is 3.13. The summed E-state index contributed by atoms with van der Waals surface area (Å²) in [5, 5.41) is 4.59. The van der Waals surface area contributed by atoms with Crippen LogP contribution in [0.15, 0.2) is 63.8 Å². The summed E-state index contributed by atoms with van der Waals surface area (Å²) >= 11 is 0. The Balaban J connectivity index is 2.29. The van der Waals surface area contributed by atoms with Crippen LogP contribution in [0.1, 0.15) is 0 Å². The van der Waals surface area contributed by atoms with Gasteiger partial charge in [-0.3, -0.25) is 0 Å².